The van der Waals surface area contributed by atoms with Crippen molar-refractivity contribution in [2.45, 2.75) is 75.7 Å². The molecule has 4 bridgehead atoms. The van der Waals surface area contributed by atoms with E-state index in [0.717, 1.165) is 18.3 Å². The molecule has 2 N–H and O–H groups in total. The number of esters is 4. The molecule has 0 aromatic heterocycles. The summed E-state index contributed by atoms with van der Waals surface area (Å²) in [5.41, 5.74) is -0.212. The van der Waals surface area contributed by atoms with Crippen molar-refractivity contribution in [1.29, 1.82) is 0 Å². The van der Waals surface area contributed by atoms with Crippen LogP contribution in [0.4, 0.5) is 0 Å². The number of hydrogen-bond donors (Lipinski definition) is 2. The fourth-order valence-electron chi connectivity index (χ4n) is 7.90. The van der Waals surface area contributed by atoms with Crippen molar-refractivity contribution in [3.8, 4) is 0 Å². The molecule has 5 heterocycles. The van der Waals surface area contributed by atoms with Gasteiger partial charge in [-0.15, -0.1) is 0 Å². The molecule has 12 nitrogen and oxygen atoms in total. The van der Waals surface area contributed by atoms with Gasteiger partial charge in [0.25, 0.3) is 0 Å². The fourth-order valence-corrected chi connectivity index (χ4v) is 7.90. The molecule has 238 valence electrons. The Morgan fingerprint density at radius 2 is 1.80 bits per heavy atom. The van der Waals surface area contributed by atoms with Crippen LogP contribution in [0.3, 0.4) is 0 Å². The van der Waals surface area contributed by atoms with Gasteiger partial charge in [0, 0.05) is 31.3 Å². The third-order valence-corrected chi connectivity index (χ3v) is 10.2. The summed E-state index contributed by atoms with van der Waals surface area (Å²) in [7, 11) is 1.41. The molecule has 1 spiro atoms. The lowest BCUT2D eigenvalue weighted by molar-refractivity contribution is -0.276. The number of ether oxygens (including phenoxy) is 6. The minimum absolute atomic E-state index is 0.0265. The molecule has 0 aromatic carbocycles. The van der Waals surface area contributed by atoms with E-state index in [1.54, 1.807) is 0 Å². The molecule has 2 unspecified atom stereocenters. The molecule has 0 amide bonds. The number of methoxy groups -OCH3 is 1. The van der Waals surface area contributed by atoms with Crippen LogP contribution in [0, 0.1) is 29.6 Å². The number of carbonyl (C=O) groups excluding carboxylic acids is 4. The molecule has 12 heteroatoms. The van der Waals surface area contributed by atoms with Crippen LogP contribution in [0.5, 0.6) is 0 Å². The predicted molar refractivity (Wildman–Crippen MR) is 149 cm³/mol. The summed E-state index contributed by atoms with van der Waals surface area (Å²) in [5.74, 6) is -4.51. The Morgan fingerprint density at radius 3 is 2.55 bits per heavy atom. The second-order valence-corrected chi connectivity index (χ2v) is 12.5. The predicted octanol–water partition coefficient (Wildman–Crippen LogP) is 1.44. The highest BCUT2D eigenvalue weighted by molar-refractivity contribution is 6.14. The first-order chi connectivity index (χ1) is 21.0. The number of cyclic esters (lactones) is 3. The fraction of sp³-hybridized carbons (Fsp3) is 0.625. The van der Waals surface area contributed by atoms with Gasteiger partial charge in [-0.3, -0.25) is 4.79 Å². The van der Waals surface area contributed by atoms with E-state index in [4.69, 9.17) is 23.7 Å². The lowest BCUT2D eigenvalue weighted by Crippen LogP contribution is -2.69. The number of fused-ring (bicyclic) bond motifs is 2. The minimum Gasteiger partial charge on any atom is -0.498 e. The average Bonchev–Trinajstić information content (AvgIpc) is 3.26. The third-order valence-electron chi connectivity index (χ3n) is 10.2. The zero-order valence-corrected chi connectivity index (χ0v) is 24.9. The first kappa shape index (κ1) is 30.7. The Morgan fingerprint density at radius 1 is 1.00 bits per heavy atom. The highest BCUT2D eigenvalue weighted by Gasteiger charge is 2.64. The zero-order valence-electron chi connectivity index (χ0n) is 24.9. The highest BCUT2D eigenvalue weighted by Crippen LogP contribution is 2.59. The van der Waals surface area contributed by atoms with Gasteiger partial charge in [0.1, 0.15) is 31.0 Å². The lowest BCUT2D eigenvalue weighted by atomic mass is 9.52. The van der Waals surface area contributed by atoms with Crippen molar-refractivity contribution in [2.24, 2.45) is 29.6 Å². The number of aliphatic hydroxyl groups excluding tert-OH is 2. The van der Waals surface area contributed by atoms with Crippen LogP contribution in [-0.4, -0.2) is 90.5 Å². The Labute approximate surface area is 254 Å². The molecular formula is C32H38O12. The monoisotopic (exact) mass is 614 g/mol. The SMILES string of the molecule is COC1C[C@H]2C=C[C@H]3C[C@H]4O[C@]2(/C(C)=C/[C@H]2COC(=O)CCC5=C(/C=C/OCC(O)[C@H]2OC1=O)C(=O)OC5=O)[C@@H]3[C@H](O)[C@H]4C. The first-order valence-electron chi connectivity index (χ1n) is 15.1. The Kier molecular flexibility index (Phi) is 8.29. The highest BCUT2D eigenvalue weighted by atomic mass is 16.6. The van der Waals surface area contributed by atoms with E-state index in [1.165, 1.54) is 13.2 Å². The molecule has 7 aliphatic rings. The number of rotatable bonds is 1. The van der Waals surface area contributed by atoms with E-state index in [9.17, 15) is 29.4 Å². The Hall–Kier alpha value is -3.32. The van der Waals surface area contributed by atoms with Crippen molar-refractivity contribution in [2.75, 3.05) is 20.3 Å². The van der Waals surface area contributed by atoms with E-state index in [-0.39, 0.29) is 73.4 Å². The maximum atomic E-state index is 13.6. The molecule has 11 atom stereocenters. The summed E-state index contributed by atoms with van der Waals surface area (Å²) in [4.78, 5) is 50.8. The molecule has 1 saturated carbocycles. The van der Waals surface area contributed by atoms with E-state index >= 15 is 0 Å². The number of carbonyl (C=O) groups is 4. The summed E-state index contributed by atoms with van der Waals surface area (Å²) in [6.45, 7) is 3.25. The van der Waals surface area contributed by atoms with Crippen LogP contribution >= 0.6 is 0 Å². The van der Waals surface area contributed by atoms with Gasteiger partial charge in [0.05, 0.1) is 35.5 Å². The molecular weight excluding hydrogens is 576 g/mol. The first-order valence-corrected chi connectivity index (χ1v) is 15.1. The molecule has 0 radical (unpaired) electrons. The van der Waals surface area contributed by atoms with Crippen molar-refractivity contribution >= 4 is 23.9 Å². The minimum atomic E-state index is -1.40. The number of hydrogen-bond acceptors (Lipinski definition) is 12. The molecule has 0 aromatic rings. The molecule has 7 rings (SSSR count). The van der Waals surface area contributed by atoms with Gasteiger partial charge in [0.2, 0.25) is 0 Å². The molecule has 3 fully saturated rings. The van der Waals surface area contributed by atoms with Gasteiger partial charge < -0.3 is 38.6 Å². The van der Waals surface area contributed by atoms with Gasteiger partial charge in [-0.05, 0) is 43.8 Å². The standard InChI is InChI=1S/C32H38O12/c1-15-10-18-13-41-25(34)7-6-20-21(30(37)43-29(20)36)8-9-40-14-22(33)28(18)42-31(38)24(39-3)12-19-5-4-17-11-23-16(2)27(35)26(17)32(15,19)44-23/h4-5,8-10,16-19,22-24,26-28,33,35H,6-7,11-14H2,1-3H3/b9-8+,15-10+/t16-,17-,18-,19+,22?,23+,24?,26-,27+,28-,32-/m0/s1. The number of allylic oxidation sites excluding steroid dienone is 1. The topological polar surface area (TPSA) is 164 Å². The summed E-state index contributed by atoms with van der Waals surface area (Å²) < 4.78 is 34.2. The van der Waals surface area contributed by atoms with Gasteiger partial charge in [0.15, 0.2) is 6.10 Å². The van der Waals surface area contributed by atoms with Crippen molar-refractivity contribution in [3.05, 3.63) is 47.3 Å². The van der Waals surface area contributed by atoms with Crippen molar-refractivity contribution in [1.82, 2.24) is 0 Å². The van der Waals surface area contributed by atoms with Crippen LogP contribution in [-0.2, 0) is 47.6 Å². The smallest absolute Gasteiger partial charge is 0.346 e. The van der Waals surface area contributed by atoms with Crippen molar-refractivity contribution in [3.63, 3.8) is 0 Å². The van der Waals surface area contributed by atoms with Crippen LogP contribution in [0.15, 0.2) is 47.3 Å². The third kappa shape index (κ3) is 5.11. The number of aliphatic hydroxyl groups is 2. The van der Waals surface area contributed by atoms with Crippen LogP contribution in [0.25, 0.3) is 0 Å². The van der Waals surface area contributed by atoms with Crippen LogP contribution in [0.1, 0.15) is 39.5 Å². The average molecular weight is 615 g/mol. The molecule has 2 aliphatic carbocycles. The summed E-state index contributed by atoms with van der Waals surface area (Å²) in [6, 6.07) is 0. The maximum Gasteiger partial charge on any atom is 0.346 e. The van der Waals surface area contributed by atoms with E-state index < -0.39 is 59.8 Å². The second kappa shape index (κ2) is 11.9. The molecule has 44 heavy (non-hydrogen) atoms. The van der Waals surface area contributed by atoms with E-state index in [2.05, 4.69) is 10.8 Å². The van der Waals surface area contributed by atoms with Gasteiger partial charge in [-0.2, -0.15) is 0 Å². The summed E-state index contributed by atoms with van der Waals surface area (Å²) >= 11 is 0. The van der Waals surface area contributed by atoms with Gasteiger partial charge in [-0.25, -0.2) is 14.4 Å². The lowest BCUT2D eigenvalue weighted by Gasteiger charge is -2.64. The van der Waals surface area contributed by atoms with Crippen LogP contribution in [0.2, 0.25) is 0 Å². The maximum absolute atomic E-state index is 13.6. The van der Waals surface area contributed by atoms with Crippen molar-refractivity contribution < 1.29 is 57.8 Å². The quantitative estimate of drug-likeness (QED) is 0.189. The Bertz CT molecular complexity index is 1340. The summed E-state index contributed by atoms with van der Waals surface area (Å²) in [5, 5.41) is 22.8. The van der Waals surface area contributed by atoms with Crippen LogP contribution < -0.4 is 0 Å². The zero-order chi connectivity index (χ0) is 31.3. The normalized spacial score (nSPS) is 44.4. The van der Waals surface area contributed by atoms with Gasteiger partial charge >= 0.3 is 23.9 Å². The van der Waals surface area contributed by atoms with Gasteiger partial charge in [-0.1, -0.05) is 25.2 Å². The molecule has 2 saturated heterocycles. The van der Waals surface area contributed by atoms with E-state index in [0.29, 0.717) is 0 Å². The largest absolute Gasteiger partial charge is 0.498 e. The van der Waals surface area contributed by atoms with E-state index in [1.807, 2.05) is 26.0 Å². The Balaban J connectivity index is 1.39. The summed E-state index contributed by atoms with van der Waals surface area (Å²) in [6.07, 6.45) is 4.57. The second-order valence-electron chi connectivity index (χ2n) is 12.5. The molecule has 5 aliphatic heterocycles.